The van der Waals surface area contributed by atoms with Gasteiger partial charge in [-0.05, 0) is 36.1 Å². The molecule has 0 heterocycles. The summed E-state index contributed by atoms with van der Waals surface area (Å²) < 4.78 is 0. The van der Waals surface area contributed by atoms with Gasteiger partial charge in [0, 0.05) is 22.5 Å². The van der Waals surface area contributed by atoms with Crippen LogP contribution in [0, 0.1) is 5.92 Å². The molecule has 1 aliphatic rings. The number of carbonyl (C=O) groups is 2. The van der Waals surface area contributed by atoms with Crippen molar-refractivity contribution in [3.05, 3.63) is 33.8 Å². The number of nitrogens with one attached hydrogen (secondary N) is 2. The summed E-state index contributed by atoms with van der Waals surface area (Å²) in [5.74, 6) is -0.525. The van der Waals surface area contributed by atoms with Crippen molar-refractivity contribution < 1.29 is 14.7 Å². The van der Waals surface area contributed by atoms with Gasteiger partial charge in [0.1, 0.15) is 0 Å². The minimum atomic E-state index is -0.319. The van der Waals surface area contributed by atoms with E-state index in [2.05, 4.69) is 10.6 Å². The largest absolute Gasteiger partial charge is 0.395 e. The molecule has 2 amide bonds. The fourth-order valence-electron chi connectivity index (χ4n) is 2.20. The maximum Gasteiger partial charge on any atom is 0.239 e. The first kappa shape index (κ1) is 16.1. The first-order valence-electron chi connectivity index (χ1n) is 6.62. The zero-order valence-electron chi connectivity index (χ0n) is 11.2. The summed E-state index contributed by atoms with van der Waals surface area (Å²) in [6.45, 7) is -0.0277. The third-order valence-electron chi connectivity index (χ3n) is 3.30. The van der Waals surface area contributed by atoms with Gasteiger partial charge >= 0.3 is 0 Å². The van der Waals surface area contributed by atoms with Gasteiger partial charge in [-0.25, -0.2) is 0 Å². The number of benzene rings is 1. The number of amides is 2. The zero-order valence-corrected chi connectivity index (χ0v) is 12.7. The monoisotopic (exact) mass is 330 g/mol. The van der Waals surface area contributed by atoms with Crippen molar-refractivity contribution in [2.45, 2.75) is 12.3 Å². The predicted octanol–water partition coefficient (Wildman–Crippen LogP) is 1.32. The quantitative estimate of drug-likeness (QED) is 0.736. The molecule has 114 valence electrons. The smallest absolute Gasteiger partial charge is 0.239 e. The highest BCUT2D eigenvalue weighted by Crippen LogP contribution is 2.48. The van der Waals surface area contributed by atoms with Gasteiger partial charge in [-0.1, -0.05) is 23.2 Å². The van der Waals surface area contributed by atoms with Crippen LogP contribution >= 0.6 is 23.2 Å². The van der Waals surface area contributed by atoms with E-state index in [0.717, 1.165) is 12.0 Å². The first-order valence-corrected chi connectivity index (χ1v) is 7.38. The van der Waals surface area contributed by atoms with Crippen LogP contribution in [0.15, 0.2) is 18.2 Å². The number of aliphatic hydroxyl groups is 1. The Morgan fingerprint density at radius 3 is 2.48 bits per heavy atom. The van der Waals surface area contributed by atoms with E-state index in [4.69, 9.17) is 28.3 Å². The maximum absolute atomic E-state index is 11.9. The zero-order chi connectivity index (χ0) is 15.4. The van der Waals surface area contributed by atoms with E-state index >= 15 is 0 Å². The van der Waals surface area contributed by atoms with Crippen LogP contribution in [0.2, 0.25) is 10.0 Å². The fourth-order valence-corrected chi connectivity index (χ4v) is 2.74. The fraction of sp³-hybridized carbons (Fsp3) is 0.429. The molecule has 1 aliphatic carbocycles. The lowest BCUT2D eigenvalue weighted by molar-refractivity contribution is -0.126. The molecule has 1 aromatic carbocycles. The molecule has 0 unspecified atom stereocenters. The molecule has 1 aromatic rings. The Kier molecular flexibility index (Phi) is 5.45. The number of hydrogen-bond acceptors (Lipinski definition) is 3. The molecule has 0 radical (unpaired) electrons. The van der Waals surface area contributed by atoms with E-state index in [0.29, 0.717) is 10.0 Å². The minimum absolute atomic E-state index is 0.0850. The lowest BCUT2D eigenvalue weighted by Crippen LogP contribution is -2.38. The highest BCUT2D eigenvalue weighted by molar-refractivity contribution is 6.34. The van der Waals surface area contributed by atoms with Crippen LogP contribution in [0.3, 0.4) is 0 Å². The van der Waals surface area contributed by atoms with Crippen molar-refractivity contribution in [3.63, 3.8) is 0 Å². The number of rotatable bonds is 6. The molecule has 0 aromatic heterocycles. The topological polar surface area (TPSA) is 78.4 Å². The van der Waals surface area contributed by atoms with Crippen LogP contribution in [0.5, 0.6) is 0 Å². The Labute approximate surface area is 132 Å². The summed E-state index contributed by atoms with van der Waals surface area (Å²) in [6.07, 6.45) is 0.723. The molecule has 5 nitrogen and oxygen atoms in total. The molecule has 2 atom stereocenters. The third kappa shape index (κ3) is 4.59. The third-order valence-corrected chi connectivity index (χ3v) is 3.73. The highest BCUT2D eigenvalue weighted by Gasteiger charge is 2.44. The van der Waals surface area contributed by atoms with Gasteiger partial charge in [-0.2, -0.15) is 0 Å². The van der Waals surface area contributed by atoms with E-state index in [1.165, 1.54) is 0 Å². The molecule has 0 aliphatic heterocycles. The Bertz CT molecular complexity index is 531. The lowest BCUT2D eigenvalue weighted by Gasteiger charge is -2.06. The maximum atomic E-state index is 11.9. The van der Waals surface area contributed by atoms with Gasteiger partial charge < -0.3 is 15.7 Å². The second-order valence-corrected chi connectivity index (χ2v) is 5.82. The van der Waals surface area contributed by atoms with E-state index in [-0.39, 0.29) is 43.3 Å². The van der Waals surface area contributed by atoms with Crippen LogP contribution < -0.4 is 10.6 Å². The molecule has 2 rings (SSSR count). The summed E-state index contributed by atoms with van der Waals surface area (Å²) in [7, 11) is 0. The summed E-state index contributed by atoms with van der Waals surface area (Å²) in [4.78, 5) is 23.2. The van der Waals surface area contributed by atoms with Crippen molar-refractivity contribution in [2.24, 2.45) is 5.92 Å². The molecule has 0 bridgehead atoms. The van der Waals surface area contributed by atoms with Crippen LogP contribution in [0.25, 0.3) is 0 Å². The molecular weight excluding hydrogens is 315 g/mol. The van der Waals surface area contributed by atoms with Crippen molar-refractivity contribution in [3.8, 4) is 0 Å². The Hall–Kier alpha value is -1.30. The molecule has 1 fully saturated rings. The Balaban J connectivity index is 1.82. The van der Waals surface area contributed by atoms with E-state index in [1.54, 1.807) is 18.2 Å². The standard InChI is InChI=1S/C14H16Cl2N2O3/c15-9-3-8(4-10(16)5-9)11-6-12(11)14(21)18-7-13(20)17-1-2-19/h3-5,11-12,19H,1-2,6-7H2,(H,17,20)(H,18,21)/t11-,12+/m0/s1. The van der Waals surface area contributed by atoms with E-state index in [9.17, 15) is 9.59 Å². The normalized spacial score (nSPS) is 20.0. The molecule has 7 heteroatoms. The molecular formula is C14H16Cl2N2O3. The second-order valence-electron chi connectivity index (χ2n) is 4.94. The average molecular weight is 331 g/mol. The number of aliphatic hydroxyl groups excluding tert-OH is 1. The minimum Gasteiger partial charge on any atom is -0.395 e. The van der Waals surface area contributed by atoms with Gasteiger partial charge in [0.2, 0.25) is 11.8 Å². The van der Waals surface area contributed by atoms with Crippen molar-refractivity contribution in [1.82, 2.24) is 10.6 Å². The van der Waals surface area contributed by atoms with Gasteiger partial charge in [0.15, 0.2) is 0 Å². The first-order chi connectivity index (χ1) is 10.0. The summed E-state index contributed by atoms with van der Waals surface area (Å²) in [5.41, 5.74) is 0.942. The molecule has 1 saturated carbocycles. The summed E-state index contributed by atoms with van der Waals surface area (Å²) >= 11 is 11.9. The second kappa shape index (κ2) is 7.11. The SMILES string of the molecule is O=C(CNC(=O)[C@@H]1C[C@H]1c1cc(Cl)cc(Cl)c1)NCCO. The predicted molar refractivity (Wildman–Crippen MR) is 80.4 cm³/mol. The van der Waals surface area contributed by atoms with Crippen LogP contribution in [0.4, 0.5) is 0 Å². The average Bonchev–Trinajstić information content (AvgIpc) is 3.22. The summed E-state index contributed by atoms with van der Waals surface area (Å²) in [6, 6.07) is 5.26. The number of carbonyl (C=O) groups excluding carboxylic acids is 2. The molecule has 21 heavy (non-hydrogen) atoms. The summed E-state index contributed by atoms with van der Waals surface area (Å²) in [5, 5.41) is 14.7. The van der Waals surface area contributed by atoms with E-state index in [1.807, 2.05) is 0 Å². The van der Waals surface area contributed by atoms with Crippen molar-refractivity contribution >= 4 is 35.0 Å². The van der Waals surface area contributed by atoms with Crippen LogP contribution in [-0.2, 0) is 9.59 Å². The molecule has 0 saturated heterocycles. The van der Waals surface area contributed by atoms with Crippen LogP contribution in [-0.4, -0.2) is 36.6 Å². The van der Waals surface area contributed by atoms with Gasteiger partial charge in [-0.15, -0.1) is 0 Å². The van der Waals surface area contributed by atoms with Crippen molar-refractivity contribution in [2.75, 3.05) is 19.7 Å². The van der Waals surface area contributed by atoms with Gasteiger partial charge in [-0.3, -0.25) is 9.59 Å². The molecule has 0 spiro atoms. The van der Waals surface area contributed by atoms with Gasteiger partial charge in [0.05, 0.1) is 13.2 Å². The molecule has 3 N–H and O–H groups in total. The van der Waals surface area contributed by atoms with Crippen LogP contribution in [0.1, 0.15) is 17.9 Å². The van der Waals surface area contributed by atoms with Crippen molar-refractivity contribution in [1.29, 1.82) is 0 Å². The number of hydrogen-bond donors (Lipinski definition) is 3. The highest BCUT2D eigenvalue weighted by atomic mass is 35.5. The Morgan fingerprint density at radius 2 is 1.86 bits per heavy atom. The van der Waals surface area contributed by atoms with Gasteiger partial charge in [0.25, 0.3) is 0 Å². The van der Waals surface area contributed by atoms with E-state index < -0.39 is 0 Å². The number of halogens is 2. The Morgan fingerprint density at radius 1 is 1.19 bits per heavy atom. The lowest BCUT2D eigenvalue weighted by atomic mass is 10.1.